The van der Waals surface area contributed by atoms with Crippen molar-refractivity contribution in [2.24, 2.45) is 5.92 Å². The predicted octanol–water partition coefficient (Wildman–Crippen LogP) is 2.52. The second-order valence-electron chi connectivity index (χ2n) is 2.80. The van der Waals surface area contributed by atoms with Crippen LogP contribution in [0.2, 0.25) is 0 Å². The molecular formula is C10H19B. The van der Waals surface area contributed by atoms with E-state index in [2.05, 4.69) is 46.7 Å². The van der Waals surface area contributed by atoms with Gasteiger partial charge < -0.3 is 0 Å². The van der Waals surface area contributed by atoms with Crippen molar-refractivity contribution >= 4 is 7.85 Å². The largest absolute Gasteiger partial charge is 0.129 e. The Kier molecular flexibility index (Phi) is 6.01. The maximum absolute atomic E-state index is 2.25. The van der Waals surface area contributed by atoms with Crippen LogP contribution in [-0.2, 0) is 0 Å². The highest BCUT2D eigenvalue weighted by Crippen LogP contribution is 2.19. The summed E-state index contributed by atoms with van der Waals surface area (Å²) in [4.78, 5) is 0. The van der Waals surface area contributed by atoms with Gasteiger partial charge in [0.2, 0.25) is 0 Å². The van der Waals surface area contributed by atoms with Crippen molar-refractivity contribution in [2.75, 3.05) is 0 Å². The van der Waals surface area contributed by atoms with E-state index in [4.69, 9.17) is 0 Å². The first-order valence-corrected chi connectivity index (χ1v) is 4.58. The quantitative estimate of drug-likeness (QED) is 0.426. The van der Waals surface area contributed by atoms with Crippen LogP contribution in [0.25, 0.3) is 0 Å². The van der Waals surface area contributed by atoms with E-state index in [1.54, 1.807) is 0 Å². The van der Waals surface area contributed by atoms with Gasteiger partial charge in [-0.05, 0) is 25.7 Å². The molecule has 0 rings (SSSR count). The third-order valence-electron chi connectivity index (χ3n) is 2.15. The van der Waals surface area contributed by atoms with Crippen LogP contribution < -0.4 is 0 Å². The second-order valence-corrected chi connectivity index (χ2v) is 2.80. The third kappa shape index (κ3) is 3.45. The van der Waals surface area contributed by atoms with Crippen molar-refractivity contribution in [3.8, 4) is 0 Å². The summed E-state index contributed by atoms with van der Waals surface area (Å²) in [5.74, 6) is 2.88. The lowest BCUT2D eigenvalue weighted by Gasteiger charge is -2.12. The van der Waals surface area contributed by atoms with Crippen molar-refractivity contribution in [2.45, 2.75) is 33.6 Å². The zero-order chi connectivity index (χ0) is 8.69. The van der Waals surface area contributed by atoms with E-state index in [1.807, 2.05) is 0 Å². The predicted molar refractivity (Wildman–Crippen MR) is 55.5 cm³/mol. The average molecular weight is 150 g/mol. The highest BCUT2D eigenvalue weighted by Gasteiger charge is 2.04. The van der Waals surface area contributed by atoms with Crippen LogP contribution >= 0.6 is 0 Å². The summed E-state index contributed by atoms with van der Waals surface area (Å²) in [7, 11) is 2.08. The van der Waals surface area contributed by atoms with Crippen LogP contribution in [0.5, 0.6) is 0 Å². The highest BCUT2D eigenvalue weighted by atomic mass is 14.1. The summed E-state index contributed by atoms with van der Waals surface area (Å²) in [5, 5.41) is 0. The molecule has 0 aliphatic heterocycles. The summed E-state index contributed by atoms with van der Waals surface area (Å²) >= 11 is 0. The first kappa shape index (κ1) is 10.5. The van der Waals surface area contributed by atoms with Crippen molar-refractivity contribution < 1.29 is 0 Å². The summed E-state index contributed by atoms with van der Waals surface area (Å²) in [6, 6.07) is 0. The Labute approximate surface area is 71.8 Å². The van der Waals surface area contributed by atoms with E-state index < -0.39 is 0 Å². The molecule has 0 saturated carbocycles. The molecule has 0 aromatic rings. The molecule has 0 bridgehead atoms. The molecule has 0 N–H and O–H groups in total. The minimum absolute atomic E-state index is 0.760. The zero-order valence-electron chi connectivity index (χ0n) is 8.22. The first-order chi connectivity index (χ1) is 5.29. The Balaban J connectivity index is 4.22. The summed E-state index contributed by atoms with van der Waals surface area (Å²) < 4.78 is 0. The van der Waals surface area contributed by atoms with Crippen LogP contribution in [0.4, 0.5) is 0 Å². The maximum atomic E-state index is 2.25. The Bertz CT molecular complexity index is 141. The molecule has 0 nitrogen and oxygen atoms in total. The van der Waals surface area contributed by atoms with Crippen LogP contribution in [0.1, 0.15) is 33.6 Å². The zero-order valence-corrected chi connectivity index (χ0v) is 8.22. The standard InChI is InChI=1S/C10H19B/c1-4-9(5-2)10(6-3)7-8-11/h6-9H,4-5,11H2,1-3H3. The van der Waals surface area contributed by atoms with Gasteiger partial charge in [0, 0.05) is 0 Å². The Morgan fingerprint density at radius 1 is 1.36 bits per heavy atom. The summed E-state index contributed by atoms with van der Waals surface area (Å²) in [6.45, 7) is 6.62. The number of hydrogen-bond acceptors (Lipinski definition) is 0. The molecule has 0 spiro atoms. The molecule has 0 heterocycles. The van der Waals surface area contributed by atoms with Gasteiger partial charge in [0.05, 0.1) is 0 Å². The van der Waals surface area contributed by atoms with Gasteiger partial charge in [0.1, 0.15) is 7.85 Å². The van der Waals surface area contributed by atoms with E-state index in [0.29, 0.717) is 0 Å². The molecule has 0 aromatic heterocycles. The number of rotatable bonds is 4. The fourth-order valence-corrected chi connectivity index (χ4v) is 1.42. The Morgan fingerprint density at radius 3 is 2.18 bits per heavy atom. The lowest BCUT2D eigenvalue weighted by molar-refractivity contribution is 0.583. The van der Waals surface area contributed by atoms with Gasteiger partial charge in [0.25, 0.3) is 0 Å². The lowest BCUT2D eigenvalue weighted by atomic mass is 9.92. The molecule has 0 atom stereocenters. The Morgan fingerprint density at radius 2 is 1.91 bits per heavy atom. The summed E-state index contributed by atoms with van der Waals surface area (Å²) in [6.07, 6.45) is 6.94. The molecule has 11 heavy (non-hydrogen) atoms. The van der Waals surface area contributed by atoms with Gasteiger partial charge in [0.15, 0.2) is 0 Å². The fraction of sp³-hybridized carbons (Fsp3) is 0.600. The normalized spacial score (nSPS) is 13.3. The van der Waals surface area contributed by atoms with Gasteiger partial charge in [-0.1, -0.05) is 31.6 Å². The Hall–Kier alpha value is -0.455. The van der Waals surface area contributed by atoms with Gasteiger partial charge in [-0.15, -0.1) is 5.98 Å². The molecular weight excluding hydrogens is 131 g/mol. The minimum Gasteiger partial charge on any atom is -0.124 e. The molecule has 0 unspecified atom stereocenters. The van der Waals surface area contributed by atoms with Crippen LogP contribution in [-0.4, -0.2) is 7.85 Å². The topological polar surface area (TPSA) is 0 Å². The van der Waals surface area contributed by atoms with Crippen LogP contribution in [0, 0.1) is 5.92 Å². The lowest BCUT2D eigenvalue weighted by Crippen LogP contribution is -1.98. The van der Waals surface area contributed by atoms with E-state index in [1.165, 1.54) is 18.4 Å². The molecule has 62 valence electrons. The third-order valence-corrected chi connectivity index (χ3v) is 2.15. The van der Waals surface area contributed by atoms with E-state index in [-0.39, 0.29) is 0 Å². The fourth-order valence-electron chi connectivity index (χ4n) is 1.42. The van der Waals surface area contributed by atoms with Crippen molar-refractivity contribution in [1.82, 2.24) is 0 Å². The van der Waals surface area contributed by atoms with E-state index in [0.717, 1.165) is 5.92 Å². The van der Waals surface area contributed by atoms with Crippen molar-refractivity contribution in [1.29, 1.82) is 0 Å². The first-order valence-electron chi connectivity index (χ1n) is 4.58. The van der Waals surface area contributed by atoms with Gasteiger partial charge in [-0.3, -0.25) is 0 Å². The van der Waals surface area contributed by atoms with Crippen molar-refractivity contribution in [3.63, 3.8) is 0 Å². The van der Waals surface area contributed by atoms with E-state index >= 15 is 0 Å². The molecule has 0 fully saturated rings. The molecule has 1 heteroatoms. The smallest absolute Gasteiger partial charge is 0.124 e. The molecule has 0 amide bonds. The highest BCUT2D eigenvalue weighted by molar-refractivity contribution is 6.17. The average Bonchev–Trinajstić information content (AvgIpc) is 2.05. The molecule has 0 aliphatic rings. The van der Waals surface area contributed by atoms with Gasteiger partial charge >= 0.3 is 0 Å². The molecule has 0 aromatic carbocycles. The SMILES string of the molecule is BC=CC(=CC)C(CC)CC. The van der Waals surface area contributed by atoms with Crippen LogP contribution in [0.3, 0.4) is 0 Å². The molecule has 0 saturated heterocycles. The van der Waals surface area contributed by atoms with Gasteiger partial charge in [-0.2, -0.15) is 0 Å². The minimum atomic E-state index is 0.760. The van der Waals surface area contributed by atoms with Crippen molar-refractivity contribution in [3.05, 3.63) is 23.7 Å². The van der Waals surface area contributed by atoms with Crippen LogP contribution in [0.15, 0.2) is 23.7 Å². The second kappa shape index (κ2) is 6.27. The summed E-state index contributed by atoms with van der Waals surface area (Å²) in [5.41, 5.74) is 1.48. The monoisotopic (exact) mass is 150 g/mol. The van der Waals surface area contributed by atoms with E-state index in [9.17, 15) is 0 Å². The number of allylic oxidation sites excluding steroid dienone is 3. The van der Waals surface area contributed by atoms with Gasteiger partial charge in [-0.25, -0.2) is 0 Å². The maximum Gasteiger partial charge on any atom is 0.129 e. The number of hydrogen-bond donors (Lipinski definition) is 0. The molecule has 0 radical (unpaired) electrons. The molecule has 0 aliphatic carbocycles.